The van der Waals surface area contributed by atoms with Crippen LogP contribution in [0.25, 0.3) is 0 Å². The van der Waals surface area contributed by atoms with Crippen LogP contribution in [-0.2, 0) is 4.79 Å². The van der Waals surface area contributed by atoms with Gasteiger partial charge in [-0.15, -0.1) is 0 Å². The first kappa shape index (κ1) is 15.0. The molecule has 4 nitrogen and oxygen atoms in total. The molecule has 0 spiro atoms. The van der Waals surface area contributed by atoms with Crippen molar-refractivity contribution in [3.8, 4) is 0 Å². The number of carbonyl (C=O) groups excluding carboxylic acids is 2. The van der Waals surface area contributed by atoms with Crippen molar-refractivity contribution < 1.29 is 9.59 Å². The number of hydrogen-bond donors (Lipinski definition) is 0. The fraction of sp³-hybridized carbons (Fsp3) is 0.333. The van der Waals surface area contributed by atoms with Crippen LogP contribution in [0, 0.1) is 0 Å². The summed E-state index contributed by atoms with van der Waals surface area (Å²) in [7, 11) is 3.72. The number of allylic oxidation sites excluding steroid dienone is 1. The fourth-order valence-corrected chi connectivity index (χ4v) is 1.71. The van der Waals surface area contributed by atoms with Gasteiger partial charge in [0, 0.05) is 51.1 Å². The lowest BCUT2D eigenvalue weighted by Gasteiger charge is -2.19. The average Bonchev–Trinajstić information content (AvgIpc) is 2.37. The predicted octanol–water partition coefficient (Wildman–Crippen LogP) is 2.32. The Morgan fingerprint density at radius 3 is 2.16 bits per heavy atom. The molecule has 1 aromatic carbocycles. The summed E-state index contributed by atoms with van der Waals surface area (Å²) in [6, 6.07) is 7.07. The highest BCUT2D eigenvalue weighted by molar-refractivity contribution is 6.04. The fourth-order valence-electron chi connectivity index (χ4n) is 1.71. The number of ketones is 1. The number of hydrogen-bond acceptors (Lipinski definition) is 3. The molecule has 0 aromatic heterocycles. The minimum absolute atomic E-state index is 0.00548. The van der Waals surface area contributed by atoms with Crippen molar-refractivity contribution in [2.45, 2.75) is 13.8 Å². The smallest absolute Gasteiger partial charge is 0.223 e. The number of amides is 1. The minimum atomic E-state index is -0.0499. The molecule has 0 unspecified atom stereocenters. The van der Waals surface area contributed by atoms with E-state index >= 15 is 0 Å². The molecule has 0 saturated carbocycles. The maximum Gasteiger partial charge on any atom is 0.223 e. The molecule has 0 aliphatic rings. The van der Waals surface area contributed by atoms with Crippen LogP contribution in [0.15, 0.2) is 36.5 Å². The molecule has 0 radical (unpaired) electrons. The number of rotatable bonds is 5. The van der Waals surface area contributed by atoms with Crippen molar-refractivity contribution in [1.29, 1.82) is 0 Å². The van der Waals surface area contributed by atoms with Gasteiger partial charge in [-0.05, 0) is 31.2 Å². The Hall–Kier alpha value is -2.10. The predicted molar refractivity (Wildman–Crippen MR) is 77.3 cm³/mol. The van der Waals surface area contributed by atoms with Gasteiger partial charge in [-0.25, -0.2) is 0 Å². The summed E-state index contributed by atoms with van der Waals surface area (Å²) in [5, 5.41) is 0. The van der Waals surface area contributed by atoms with Gasteiger partial charge in [-0.1, -0.05) is 0 Å². The zero-order valence-electron chi connectivity index (χ0n) is 11.9. The summed E-state index contributed by atoms with van der Waals surface area (Å²) in [6.45, 7) is 4.06. The van der Waals surface area contributed by atoms with E-state index in [9.17, 15) is 9.59 Å². The molecule has 0 aliphatic carbocycles. The van der Waals surface area contributed by atoms with E-state index in [-0.39, 0.29) is 11.7 Å². The lowest BCUT2D eigenvalue weighted by Crippen LogP contribution is -2.27. The highest BCUT2D eigenvalue weighted by Crippen LogP contribution is 2.16. The molecule has 1 amide bonds. The first-order valence-electron chi connectivity index (χ1n) is 6.22. The molecule has 1 rings (SSSR count). The molecule has 1 aromatic rings. The molecular formula is C15H20N2O2. The van der Waals surface area contributed by atoms with Gasteiger partial charge in [0.15, 0.2) is 5.78 Å². The van der Waals surface area contributed by atoms with Gasteiger partial charge in [0.1, 0.15) is 0 Å². The van der Waals surface area contributed by atoms with E-state index < -0.39 is 0 Å². The van der Waals surface area contributed by atoms with Crippen molar-refractivity contribution in [2.75, 3.05) is 25.5 Å². The number of carbonyl (C=O) groups is 2. The standard InChI is InChI=1S/C15H20N2O2/c1-5-17(12(2)18)14-8-6-13(7-9-14)15(19)10-11-16(3)4/h6-11H,5H2,1-4H3/b11-10+. The van der Waals surface area contributed by atoms with E-state index in [0.29, 0.717) is 12.1 Å². The Labute approximate surface area is 114 Å². The third kappa shape index (κ3) is 4.25. The van der Waals surface area contributed by atoms with E-state index in [4.69, 9.17) is 0 Å². The van der Waals surface area contributed by atoms with Crippen molar-refractivity contribution >= 4 is 17.4 Å². The number of anilines is 1. The van der Waals surface area contributed by atoms with Crippen LogP contribution >= 0.6 is 0 Å². The van der Waals surface area contributed by atoms with E-state index in [1.807, 2.05) is 21.0 Å². The summed E-state index contributed by atoms with van der Waals surface area (Å²) >= 11 is 0. The van der Waals surface area contributed by atoms with Gasteiger partial charge >= 0.3 is 0 Å². The van der Waals surface area contributed by atoms with Crippen molar-refractivity contribution in [2.24, 2.45) is 0 Å². The summed E-state index contributed by atoms with van der Waals surface area (Å²) < 4.78 is 0. The largest absolute Gasteiger partial charge is 0.383 e. The van der Waals surface area contributed by atoms with Gasteiger partial charge in [-0.2, -0.15) is 0 Å². The van der Waals surface area contributed by atoms with Crippen molar-refractivity contribution in [1.82, 2.24) is 4.90 Å². The lowest BCUT2D eigenvalue weighted by molar-refractivity contribution is -0.116. The van der Waals surface area contributed by atoms with Crippen LogP contribution in [-0.4, -0.2) is 37.2 Å². The topological polar surface area (TPSA) is 40.6 Å². The Balaban J connectivity index is 2.87. The normalized spacial score (nSPS) is 10.5. The average molecular weight is 260 g/mol. The van der Waals surface area contributed by atoms with Crippen LogP contribution in [0.2, 0.25) is 0 Å². The van der Waals surface area contributed by atoms with E-state index in [1.165, 1.54) is 13.0 Å². The Kier molecular flexibility index (Phi) is 5.30. The maximum atomic E-state index is 11.8. The lowest BCUT2D eigenvalue weighted by atomic mass is 10.1. The van der Waals surface area contributed by atoms with E-state index in [1.54, 1.807) is 40.3 Å². The molecule has 0 bridgehead atoms. The molecule has 0 atom stereocenters. The minimum Gasteiger partial charge on any atom is -0.383 e. The van der Waals surface area contributed by atoms with E-state index in [2.05, 4.69) is 0 Å². The molecule has 0 N–H and O–H groups in total. The first-order chi connectivity index (χ1) is 8.95. The van der Waals surface area contributed by atoms with Gasteiger partial charge < -0.3 is 9.80 Å². The van der Waals surface area contributed by atoms with Gasteiger partial charge in [-0.3, -0.25) is 9.59 Å². The Morgan fingerprint density at radius 1 is 1.16 bits per heavy atom. The summed E-state index contributed by atoms with van der Waals surface area (Å²) in [6.07, 6.45) is 3.24. The molecule has 0 saturated heterocycles. The van der Waals surface area contributed by atoms with Gasteiger partial charge in [0.2, 0.25) is 5.91 Å². The summed E-state index contributed by atoms with van der Waals surface area (Å²) in [4.78, 5) is 26.7. The Bertz CT molecular complexity index is 475. The number of benzene rings is 1. The second kappa shape index (κ2) is 6.73. The monoisotopic (exact) mass is 260 g/mol. The third-order valence-electron chi connectivity index (χ3n) is 2.68. The van der Waals surface area contributed by atoms with Crippen molar-refractivity contribution in [3.05, 3.63) is 42.1 Å². The van der Waals surface area contributed by atoms with Crippen LogP contribution < -0.4 is 4.90 Å². The SMILES string of the molecule is CCN(C(C)=O)c1ccc(C(=O)/C=C/N(C)C)cc1. The van der Waals surface area contributed by atoms with Crippen LogP contribution in [0.5, 0.6) is 0 Å². The third-order valence-corrected chi connectivity index (χ3v) is 2.68. The molecule has 4 heteroatoms. The molecular weight excluding hydrogens is 240 g/mol. The summed E-state index contributed by atoms with van der Waals surface area (Å²) in [5.74, 6) is -0.0554. The second-order valence-corrected chi connectivity index (χ2v) is 4.45. The highest BCUT2D eigenvalue weighted by Gasteiger charge is 2.09. The maximum absolute atomic E-state index is 11.8. The van der Waals surface area contributed by atoms with Crippen LogP contribution in [0.3, 0.4) is 0 Å². The Morgan fingerprint density at radius 2 is 1.74 bits per heavy atom. The van der Waals surface area contributed by atoms with Crippen LogP contribution in [0.4, 0.5) is 5.69 Å². The molecule has 0 aliphatic heterocycles. The number of nitrogens with zero attached hydrogens (tertiary/aromatic N) is 2. The summed E-state index contributed by atoms with van der Waals surface area (Å²) in [5.41, 5.74) is 1.42. The highest BCUT2D eigenvalue weighted by atomic mass is 16.2. The van der Waals surface area contributed by atoms with Crippen LogP contribution in [0.1, 0.15) is 24.2 Å². The van der Waals surface area contributed by atoms with Gasteiger partial charge in [0.25, 0.3) is 0 Å². The first-order valence-corrected chi connectivity index (χ1v) is 6.22. The molecule has 19 heavy (non-hydrogen) atoms. The molecule has 0 fully saturated rings. The quantitative estimate of drug-likeness (QED) is 0.602. The second-order valence-electron chi connectivity index (χ2n) is 4.45. The van der Waals surface area contributed by atoms with Crippen molar-refractivity contribution in [3.63, 3.8) is 0 Å². The van der Waals surface area contributed by atoms with E-state index in [0.717, 1.165) is 5.69 Å². The van der Waals surface area contributed by atoms with Gasteiger partial charge in [0.05, 0.1) is 0 Å². The molecule has 102 valence electrons. The zero-order chi connectivity index (χ0) is 14.4. The zero-order valence-corrected chi connectivity index (χ0v) is 11.9. The molecule has 0 heterocycles.